The Labute approximate surface area is 161 Å². The van der Waals surface area contributed by atoms with E-state index in [2.05, 4.69) is 27.0 Å². The fraction of sp³-hybridized carbons (Fsp3) is 0.263. The molecule has 2 aromatic heterocycles. The van der Waals surface area contributed by atoms with Crippen LogP contribution in [0.25, 0.3) is 5.70 Å². The molecule has 3 rings (SSSR count). The third-order valence-electron chi connectivity index (χ3n) is 4.83. The van der Waals surface area contributed by atoms with Crippen molar-refractivity contribution in [2.24, 2.45) is 16.5 Å². The molecule has 1 fully saturated rings. The SMILES string of the molecule is C=C/C(=C\NC(N)=NCC1(c2ncccc2F)CCC1)n1cc(C(N)=O)cn1. The predicted octanol–water partition coefficient (Wildman–Crippen LogP) is 1.53. The molecule has 0 radical (unpaired) electrons. The summed E-state index contributed by atoms with van der Waals surface area (Å²) >= 11 is 0. The third kappa shape index (κ3) is 3.93. The third-order valence-corrected chi connectivity index (χ3v) is 4.83. The van der Waals surface area contributed by atoms with Gasteiger partial charge in [0.15, 0.2) is 5.96 Å². The highest BCUT2D eigenvalue weighted by Gasteiger charge is 2.41. The molecule has 2 heterocycles. The molecule has 1 amide bonds. The van der Waals surface area contributed by atoms with Gasteiger partial charge in [0, 0.05) is 24.0 Å². The number of halogens is 1. The Bertz CT molecular complexity index is 943. The number of amides is 1. The van der Waals surface area contributed by atoms with E-state index in [-0.39, 0.29) is 17.3 Å². The molecule has 0 unspecified atom stereocenters. The Morgan fingerprint density at radius 1 is 1.46 bits per heavy atom. The number of nitrogens with two attached hydrogens (primary N) is 2. The number of nitrogens with one attached hydrogen (secondary N) is 1. The van der Waals surface area contributed by atoms with Gasteiger partial charge in [0.1, 0.15) is 5.82 Å². The highest BCUT2D eigenvalue weighted by molar-refractivity contribution is 5.92. The molecule has 28 heavy (non-hydrogen) atoms. The molecule has 146 valence electrons. The standard InChI is InChI=1S/C19H22FN7O/c1-2-14(27-11-13(9-26-27)17(21)28)10-24-18(22)25-12-19(6-4-7-19)16-15(20)5-3-8-23-16/h2-3,5,8-11H,1,4,6-7,12H2,(H2,21,28)(H3,22,24,25)/b14-10+. The van der Waals surface area contributed by atoms with Crippen molar-refractivity contribution < 1.29 is 9.18 Å². The van der Waals surface area contributed by atoms with Gasteiger partial charge in [0.25, 0.3) is 5.91 Å². The molecule has 0 spiro atoms. The van der Waals surface area contributed by atoms with E-state index in [4.69, 9.17) is 11.5 Å². The van der Waals surface area contributed by atoms with Crippen molar-refractivity contribution in [3.8, 4) is 0 Å². The Morgan fingerprint density at radius 3 is 2.82 bits per heavy atom. The molecular weight excluding hydrogens is 361 g/mol. The second-order valence-electron chi connectivity index (χ2n) is 6.62. The first-order valence-electron chi connectivity index (χ1n) is 8.80. The van der Waals surface area contributed by atoms with Crippen LogP contribution in [-0.4, -0.2) is 33.2 Å². The number of allylic oxidation sites excluding steroid dienone is 2. The zero-order chi connectivity index (χ0) is 20.1. The van der Waals surface area contributed by atoms with Crippen LogP contribution in [0.2, 0.25) is 0 Å². The Kier molecular flexibility index (Phi) is 5.53. The Morgan fingerprint density at radius 2 is 2.25 bits per heavy atom. The van der Waals surface area contributed by atoms with E-state index in [1.807, 2.05) is 0 Å². The monoisotopic (exact) mass is 383 g/mol. The molecule has 1 aliphatic carbocycles. The number of carbonyl (C=O) groups is 1. The van der Waals surface area contributed by atoms with Gasteiger partial charge in [0.2, 0.25) is 0 Å². The summed E-state index contributed by atoms with van der Waals surface area (Å²) in [5.41, 5.74) is 12.0. The minimum absolute atomic E-state index is 0.171. The fourth-order valence-electron chi connectivity index (χ4n) is 3.09. The maximum Gasteiger partial charge on any atom is 0.251 e. The number of pyridine rings is 1. The number of aliphatic imine (C=N–C) groups is 1. The molecule has 0 bridgehead atoms. The van der Waals surface area contributed by atoms with Crippen molar-refractivity contribution in [3.05, 3.63) is 66.7 Å². The molecule has 0 aromatic carbocycles. The number of rotatable bonds is 7. The number of nitrogens with zero attached hydrogens (tertiary/aromatic N) is 4. The molecule has 0 atom stereocenters. The lowest BCUT2D eigenvalue weighted by molar-refractivity contribution is 0.100. The summed E-state index contributed by atoms with van der Waals surface area (Å²) in [6, 6.07) is 2.99. The van der Waals surface area contributed by atoms with E-state index < -0.39 is 11.3 Å². The average molecular weight is 383 g/mol. The van der Waals surface area contributed by atoms with Gasteiger partial charge < -0.3 is 16.8 Å². The number of guanidine groups is 1. The first-order chi connectivity index (χ1) is 13.4. The molecule has 0 aliphatic heterocycles. The van der Waals surface area contributed by atoms with Crippen LogP contribution in [0, 0.1) is 5.82 Å². The number of hydrogen-bond acceptors (Lipinski definition) is 4. The molecule has 1 aliphatic rings. The summed E-state index contributed by atoms with van der Waals surface area (Å²) in [6.07, 6.45) is 10.2. The molecule has 9 heteroatoms. The van der Waals surface area contributed by atoms with E-state index in [0.29, 0.717) is 17.9 Å². The molecular formula is C19H22FN7O. The highest BCUT2D eigenvalue weighted by Crippen LogP contribution is 2.43. The van der Waals surface area contributed by atoms with Gasteiger partial charge in [-0.25, -0.2) is 9.07 Å². The summed E-state index contributed by atoms with van der Waals surface area (Å²) in [7, 11) is 0. The first-order valence-corrected chi connectivity index (χ1v) is 8.80. The van der Waals surface area contributed by atoms with Gasteiger partial charge in [-0.15, -0.1) is 0 Å². The highest BCUT2D eigenvalue weighted by atomic mass is 19.1. The average Bonchev–Trinajstić information content (AvgIpc) is 3.13. The topological polar surface area (TPSA) is 124 Å². The minimum atomic E-state index is -0.573. The van der Waals surface area contributed by atoms with Gasteiger partial charge >= 0.3 is 0 Å². The van der Waals surface area contributed by atoms with Crippen molar-refractivity contribution in [2.45, 2.75) is 24.7 Å². The van der Waals surface area contributed by atoms with E-state index >= 15 is 0 Å². The Hall–Kier alpha value is -3.49. The largest absolute Gasteiger partial charge is 0.370 e. The normalized spacial score (nSPS) is 16.3. The summed E-state index contributed by atoms with van der Waals surface area (Å²) in [4.78, 5) is 19.8. The molecule has 8 nitrogen and oxygen atoms in total. The van der Waals surface area contributed by atoms with Crippen LogP contribution < -0.4 is 16.8 Å². The molecule has 2 aromatic rings. The lowest BCUT2D eigenvalue weighted by atomic mass is 9.66. The van der Waals surface area contributed by atoms with Gasteiger partial charge in [-0.1, -0.05) is 13.0 Å². The Balaban J connectivity index is 1.71. The fourth-order valence-corrected chi connectivity index (χ4v) is 3.09. The zero-order valence-electron chi connectivity index (χ0n) is 15.3. The summed E-state index contributed by atoms with van der Waals surface area (Å²) in [5.74, 6) is -0.720. The van der Waals surface area contributed by atoms with Gasteiger partial charge in [-0.2, -0.15) is 5.10 Å². The predicted molar refractivity (Wildman–Crippen MR) is 105 cm³/mol. The van der Waals surface area contributed by atoms with Crippen molar-refractivity contribution in [3.63, 3.8) is 0 Å². The van der Waals surface area contributed by atoms with Gasteiger partial charge in [-0.3, -0.25) is 14.8 Å². The van der Waals surface area contributed by atoms with Crippen LogP contribution >= 0.6 is 0 Å². The van der Waals surface area contributed by atoms with Crippen molar-refractivity contribution in [1.82, 2.24) is 20.1 Å². The zero-order valence-corrected chi connectivity index (χ0v) is 15.3. The van der Waals surface area contributed by atoms with Crippen LogP contribution in [0.5, 0.6) is 0 Å². The van der Waals surface area contributed by atoms with E-state index in [1.165, 1.54) is 29.2 Å². The molecule has 0 saturated heterocycles. The maximum atomic E-state index is 14.2. The van der Waals surface area contributed by atoms with Crippen LogP contribution in [0.3, 0.4) is 0 Å². The van der Waals surface area contributed by atoms with E-state index in [1.54, 1.807) is 18.5 Å². The van der Waals surface area contributed by atoms with Crippen molar-refractivity contribution in [2.75, 3.05) is 6.54 Å². The second-order valence-corrected chi connectivity index (χ2v) is 6.62. The maximum absolute atomic E-state index is 14.2. The number of carbonyl (C=O) groups excluding carboxylic acids is 1. The quantitative estimate of drug-likeness (QED) is 0.380. The molecule has 1 saturated carbocycles. The van der Waals surface area contributed by atoms with Crippen molar-refractivity contribution >= 4 is 17.6 Å². The minimum Gasteiger partial charge on any atom is -0.370 e. The smallest absolute Gasteiger partial charge is 0.251 e. The lowest BCUT2D eigenvalue weighted by Gasteiger charge is -2.40. The summed E-state index contributed by atoms with van der Waals surface area (Å²) < 4.78 is 15.6. The van der Waals surface area contributed by atoms with E-state index in [9.17, 15) is 9.18 Å². The lowest BCUT2D eigenvalue weighted by Crippen LogP contribution is -2.40. The summed E-state index contributed by atoms with van der Waals surface area (Å²) in [6.45, 7) is 4.05. The van der Waals surface area contributed by atoms with Crippen LogP contribution in [0.4, 0.5) is 4.39 Å². The van der Waals surface area contributed by atoms with Crippen molar-refractivity contribution in [1.29, 1.82) is 0 Å². The van der Waals surface area contributed by atoms with Crippen LogP contribution in [0.15, 0.2) is 54.6 Å². The number of hydrogen-bond donors (Lipinski definition) is 3. The van der Waals surface area contributed by atoms with Gasteiger partial charge in [-0.05, 0) is 31.1 Å². The number of primary amides is 1. The first kappa shape index (κ1) is 19.3. The second kappa shape index (κ2) is 8.03. The van der Waals surface area contributed by atoms with Gasteiger partial charge in [0.05, 0.1) is 29.7 Å². The number of aromatic nitrogens is 3. The van der Waals surface area contributed by atoms with Crippen LogP contribution in [-0.2, 0) is 5.41 Å². The van der Waals surface area contributed by atoms with Crippen LogP contribution in [0.1, 0.15) is 35.3 Å². The molecule has 5 N–H and O–H groups in total. The summed E-state index contributed by atoms with van der Waals surface area (Å²) in [5, 5.41) is 6.91. The van der Waals surface area contributed by atoms with E-state index in [0.717, 1.165) is 19.3 Å².